The molecular formula is C95H137N17O26S4. The number of rotatable bonds is 51. The number of nitrogens with zero attached hydrogens (tertiary/aromatic N) is 10. The van der Waals surface area contributed by atoms with E-state index in [0.717, 1.165) is 28.1 Å². The Morgan fingerprint density at radius 2 is 0.803 bits per heavy atom. The van der Waals surface area contributed by atoms with Gasteiger partial charge in [-0.1, -0.05) is 43.4 Å². The molecular weight excluding hydrogens is 1920 g/mol. The van der Waals surface area contributed by atoms with E-state index in [9.17, 15) is 127 Å². The van der Waals surface area contributed by atoms with Gasteiger partial charge in [0.1, 0.15) is 17.9 Å². The van der Waals surface area contributed by atoms with Gasteiger partial charge in [-0.2, -0.15) is 23.5 Å². The Morgan fingerprint density at radius 1 is 0.423 bits per heavy atom. The molecule has 5 aliphatic rings. The number of likely N-dealkylation sites (tertiary alicyclic amines) is 1. The van der Waals surface area contributed by atoms with Gasteiger partial charge in [0, 0.05) is 197 Å². The zero-order valence-electron chi connectivity index (χ0n) is 81.0. The molecule has 15 N–H and O–H groups in total. The predicted octanol–water partition coefficient (Wildman–Crippen LogP) is 1.90. The van der Waals surface area contributed by atoms with Gasteiger partial charge < -0.3 is 83.0 Å². The molecule has 8 rings (SSSR count). The summed E-state index contributed by atoms with van der Waals surface area (Å²) >= 11 is 13.4. The Balaban J connectivity index is 0.000000387. The third-order valence-corrected chi connectivity index (χ3v) is 26.8. The van der Waals surface area contributed by atoms with E-state index < -0.39 is 101 Å². The number of thiocarbonyl (C=S) groups is 2. The Hall–Kier alpha value is -11.1. The van der Waals surface area contributed by atoms with Crippen LogP contribution in [0.15, 0.2) is 60.7 Å². The van der Waals surface area contributed by atoms with Crippen LogP contribution in [0.4, 0.5) is 11.4 Å². The fourth-order valence-corrected chi connectivity index (χ4v) is 18.7. The Kier molecular flexibility index (Phi) is 51.3. The van der Waals surface area contributed by atoms with Crippen molar-refractivity contribution in [3.63, 3.8) is 0 Å². The third-order valence-electron chi connectivity index (χ3n) is 25.1. The van der Waals surface area contributed by atoms with Gasteiger partial charge in [0.15, 0.2) is 16.7 Å². The van der Waals surface area contributed by atoms with Crippen LogP contribution < -0.4 is 37.2 Å². The van der Waals surface area contributed by atoms with E-state index in [1.54, 1.807) is 72.4 Å². The number of anilines is 2. The van der Waals surface area contributed by atoms with Gasteiger partial charge in [0.25, 0.3) is 11.8 Å². The number of hydrogen-bond donors (Lipinski definition) is 15. The fourth-order valence-electron chi connectivity index (χ4n) is 17.4. The lowest BCUT2D eigenvalue weighted by molar-refractivity contribution is -0.142. The van der Waals surface area contributed by atoms with Gasteiger partial charge in [0.2, 0.25) is 29.5 Å². The molecule has 3 aromatic carbocycles. The minimum atomic E-state index is -1.26. The average molecular weight is 2060 g/mol. The monoisotopic (exact) mass is 2060 g/mol. The second-order valence-electron chi connectivity index (χ2n) is 36.0. The number of imide groups is 1. The lowest BCUT2D eigenvalue weighted by Gasteiger charge is -2.35. The van der Waals surface area contributed by atoms with Crippen LogP contribution >= 0.6 is 48.0 Å². The molecule has 43 nitrogen and oxygen atoms in total. The van der Waals surface area contributed by atoms with Crippen LogP contribution in [0.3, 0.4) is 0 Å². The molecule has 0 spiro atoms. The quantitative estimate of drug-likeness (QED) is 0.0218. The molecule has 0 radical (unpaired) electrons. The van der Waals surface area contributed by atoms with Gasteiger partial charge in [-0.3, -0.25) is 121 Å². The second-order valence-corrected chi connectivity index (χ2v) is 39.0. The number of thioether (sulfide) groups is 2. The molecule has 142 heavy (non-hydrogen) atoms. The van der Waals surface area contributed by atoms with Crippen molar-refractivity contribution in [2.24, 2.45) is 11.8 Å². The number of nitrogens with one attached hydrogen (secondary N) is 7. The first kappa shape index (κ1) is 118. The highest BCUT2D eigenvalue weighted by Crippen LogP contribution is 2.31. The summed E-state index contributed by atoms with van der Waals surface area (Å²) in [5.74, 6) is -12.2. The number of fused-ring (bicyclic) bond motifs is 2. The first-order chi connectivity index (χ1) is 67.6. The Bertz CT molecular complexity index is 4820. The minimum Gasteiger partial charge on any atom is -0.480 e. The summed E-state index contributed by atoms with van der Waals surface area (Å²) in [5, 5.41) is 97.1. The van der Waals surface area contributed by atoms with E-state index in [1.807, 2.05) is 58.7 Å². The first-order valence-corrected chi connectivity index (χ1v) is 51.3. The standard InChI is InChI=1S/C50H71N9O12S3.C45H66N8O14S/c1-33(72)52-36-10-12-37(13-11-36)53-50(73)51-18-4-3-8-41(49(70)71)54-44(62)16-15-42(60)40(17-27-74-2)55-48(69)39-7-5-6-34-28-35(9-14-38(34)39)43(61)29-56-19-21-57(30-45(63)64)23-25-59(32-47(67)68)26-24-58(22-20-56)31-46(65)66;1-30-24-38(56)53(44(30)65)13-4-3-8-35(45(66)67)46-37(55)10-9-36(54)34(12-23-68-2)47-43(64)33-7-5-6-31-25-52(14-11-32(31)33)39(57)26-48-15-17-49(27-40(58)59)19-21-51(29-42(62)63)22-20-50(18-16-48)28-41(60)61/h5-7,10-13,35,40-41H,3-4,8-9,14-32H2,1-2H3,(H,52,72)(H,54,62)(H,55,69)(H,63,64)(H,65,66)(H,67,68)(H,70,71)(H2,51,53,73);5-7,30,34-35H,3-4,8-29H2,1-2H3,(H,46,55)(H,47,64)(H,58,59)(H,60,61)(H,62,63)(H,66,67)/t35?,40-,41-;30?,34-,35-/m00/s1. The number of benzene rings is 3. The topological polar surface area (TPSA) is 586 Å². The van der Waals surface area contributed by atoms with Crippen molar-refractivity contribution in [1.82, 2.24) is 75.6 Å². The molecule has 782 valence electrons. The van der Waals surface area contributed by atoms with Gasteiger partial charge in [-0.25, -0.2) is 9.59 Å². The molecule has 4 heterocycles. The van der Waals surface area contributed by atoms with Crippen LogP contribution in [-0.2, 0) is 103 Å². The van der Waals surface area contributed by atoms with Crippen LogP contribution in [0.25, 0.3) is 0 Å². The van der Waals surface area contributed by atoms with E-state index in [4.69, 9.17) is 24.4 Å². The van der Waals surface area contributed by atoms with Gasteiger partial charge in [0.05, 0.1) is 69.4 Å². The number of Topliss-reactive ketones (excluding diaryl/α,β-unsaturated/α-hetero) is 3. The predicted molar refractivity (Wildman–Crippen MR) is 537 cm³/mol. The van der Waals surface area contributed by atoms with Crippen molar-refractivity contribution in [2.45, 2.75) is 154 Å². The summed E-state index contributed by atoms with van der Waals surface area (Å²) in [5.41, 5.74) is 5.40. The molecule has 3 saturated heterocycles. The summed E-state index contributed by atoms with van der Waals surface area (Å²) in [6.07, 6.45) is 6.96. The van der Waals surface area contributed by atoms with Crippen molar-refractivity contribution >= 4 is 176 Å². The van der Waals surface area contributed by atoms with Gasteiger partial charge in [-0.15, -0.1) is 0 Å². The summed E-state index contributed by atoms with van der Waals surface area (Å²) in [6, 6.07) is 13.6. The average Bonchev–Trinajstić information content (AvgIpc) is 1.27. The number of ketones is 3. The molecule has 0 aromatic heterocycles. The summed E-state index contributed by atoms with van der Waals surface area (Å²) in [6.45, 7) is 7.19. The molecule has 3 fully saturated rings. The van der Waals surface area contributed by atoms with E-state index in [1.165, 1.54) is 28.4 Å². The number of amides is 7. The lowest BCUT2D eigenvalue weighted by Crippen LogP contribution is -2.50. The Morgan fingerprint density at radius 3 is 1.18 bits per heavy atom. The van der Waals surface area contributed by atoms with E-state index >= 15 is 0 Å². The number of carboxylic acid groups (broad SMARTS) is 8. The molecule has 0 bridgehead atoms. The normalized spacial score (nSPS) is 17.9. The molecule has 2 unspecified atom stereocenters. The number of carboxylic acids is 8. The largest absolute Gasteiger partial charge is 0.480 e. The molecule has 1 aliphatic carbocycles. The number of carbonyl (C=O) groups excluding carboxylic acids is 10. The maximum atomic E-state index is 14.0. The molecule has 3 aromatic rings. The molecule has 6 atom stereocenters. The number of hydrogen-bond acceptors (Lipinski definition) is 30. The zero-order chi connectivity index (χ0) is 104. The van der Waals surface area contributed by atoms with Crippen LogP contribution in [0.1, 0.15) is 147 Å². The van der Waals surface area contributed by atoms with Crippen molar-refractivity contribution < 1.29 is 127 Å². The lowest BCUT2D eigenvalue weighted by atomic mass is 9.79. The highest BCUT2D eigenvalue weighted by molar-refractivity contribution is 7.98. The molecule has 4 aliphatic heterocycles. The minimum absolute atomic E-state index is 0.0403. The van der Waals surface area contributed by atoms with Crippen LogP contribution in [-0.4, -0.2) is 431 Å². The zero-order valence-corrected chi connectivity index (χ0v) is 84.3. The number of aliphatic carboxylic acids is 8. The Labute approximate surface area is 844 Å². The van der Waals surface area contributed by atoms with Gasteiger partial charge >= 0.3 is 47.8 Å². The number of carbonyl (C=O) groups is 18. The van der Waals surface area contributed by atoms with Crippen LogP contribution in [0.5, 0.6) is 0 Å². The SMILES string of the molecule is CSCC[C@H](NC(=O)c1cccc2c1CCC(C(=O)CN1CCN(CC(=O)O)CCN(CC(=O)O)CCN(CC(=O)O)CC1)C2)C(=O)CCC(=O)N[C@@H](CCCCNC(=S)Nc1ccc(NC(C)=S)cc1)C(=O)O.CSCC[C@H](NC(=O)c1cccc2c1CCN(C(=O)CN1CCN(CC(=O)O)CCN(CC(=O)O)CCN(CC(=O)O)CC1)C2)C(=O)CCC(=O)N[C@@H](CCCCN1C(=O)CC(C)C1=O)C(=O)O. The smallest absolute Gasteiger partial charge is 0.326 e. The summed E-state index contributed by atoms with van der Waals surface area (Å²) in [4.78, 5) is 244. The van der Waals surface area contributed by atoms with E-state index in [0.29, 0.717) is 116 Å². The van der Waals surface area contributed by atoms with Crippen molar-refractivity contribution in [3.8, 4) is 0 Å². The summed E-state index contributed by atoms with van der Waals surface area (Å²) < 4.78 is 0. The van der Waals surface area contributed by atoms with E-state index in [-0.39, 0.29) is 256 Å². The van der Waals surface area contributed by atoms with Crippen molar-refractivity contribution in [3.05, 3.63) is 94.0 Å². The van der Waals surface area contributed by atoms with Crippen LogP contribution in [0, 0.1) is 11.8 Å². The molecule has 0 saturated carbocycles. The highest BCUT2D eigenvalue weighted by Gasteiger charge is 2.38. The van der Waals surface area contributed by atoms with Crippen molar-refractivity contribution in [1.29, 1.82) is 0 Å². The van der Waals surface area contributed by atoms with E-state index in [2.05, 4.69) is 37.2 Å². The highest BCUT2D eigenvalue weighted by atomic mass is 32.2. The maximum Gasteiger partial charge on any atom is 0.326 e. The van der Waals surface area contributed by atoms with Crippen LogP contribution in [0.2, 0.25) is 0 Å². The summed E-state index contributed by atoms with van der Waals surface area (Å²) in [7, 11) is 0. The molecule has 7 amide bonds. The third kappa shape index (κ3) is 42.8. The fraction of sp³-hybridized carbons (Fsp3) is 0.600. The maximum absolute atomic E-state index is 14.0. The van der Waals surface area contributed by atoms with Crippen molar-refractivity contribution in [2.75, 3.05) is 211 Å². The number of unbranched alkanes of at least 4 members (excludes halogenated alkanes) is 2. The molecule has 47 heteroatoms. The second kappa shape index (κ2) is 61.8. The van der Waals surface area contributed by atoms with Gasteiger partial charge in [-0.05, 0) is 179 Å². The first-order valence-electron chi connectivity index (χ1n) is 47.7.